The molecule has 0 unspecified atom stereocenters. The van der Waals surface area contributed by atoms with Gasteiger partial charge in [-0.2, -0.15) is 5.10 Å². The van der Waals surface area contributed by atoms with Crippen molar-refractivity contribution in [3.63, 3.8) is 0 Å². The Balaban J connectivity index is 2.67. The van der Waals surface area contributed by atoms with Crippen LogP contribution in [-0.4, -0.2) is 20.9 Å². The number of hydrogen-bond acceptors (Lipinski definition) is 2. The highest BCUT2D eigenvalue weighted by Crippen LogP contribution is 2.20. The fraction of sp³-hybridized carbons (Fsp3) is 0.200. The van der Waals surface area contributed by atoms with Crippen LogP contribution in [0.1, 0.15) is 5.56 Å². The minimum Gasteiger partial charge on any atom is -0.481 e. The van der Waals surface area contributed by atoms with E-state index < -0.39 is 11.8 Å². The first-order chi connectivity index (χ1) is 7.08. The summed E-state index contributed by atoms with van der Waals surface area (Å²) in [5.41, 5.74) is 0.795. The zero-order chi connectivity index (χ0) is 11.0. The lowest BCUT2D eigenvalue weighted by molar-refractivity contribution is -0.136. The molecule has 2 rings (SSSR count). The summed E-state index contributed by atoms with van der Waals surface area (Å²) in [4.78, 5) is 10.6. The molecule has 5 heteroatoms. The lowest BCUT2D eigenvalue weighted by Crippen LogP contribution is -2.02. The molecule has 0 fully saturated rings. The van der Waals surface area contributed by atoms with Crippen molar-refractivity contribution < 1.29 is 14.3 Å². The van der Waals surface area contributed by atoms with Crippen molar-refractivity contribution in [2.45, 2.75) is 6.42 Å². The highest BCUT2D eigenvalue weighted by molar-refractivity contribution is 5.86. The van der Waals surface area contributed by atoms with E-state index in [1.54, 1.807) is 13.2 Å². The molecular weight excluding hydrogens is 199 g/mol. The number of aryl methyl sites for hydroxylation is 1. The Morgan fingerprint density at radius 2 is 2.33 bits per heavy atom. The average molecular weight is 208 g/mol. The van der Waals surface area contributed by atoms with Gasteiger partial charge in [-0.3, -0.25) is 9.48 Å². The Morgan fingerprint density at radius 3 is 3.00 bits per heavy atom. The van der Waals surface area contributed by atoms with Gasteiger partial charge >= 0.3 is 5.97 Å². The molecule has 15 heavy (non-hydrogen) atoms. The second kappa shape index (κ2) is 3.34. The van der Waals surface area contributed by atoms with E-state index in [4.69, 9.17) is 5.11 Å². The second-order valence-electron chi connectivity index (χ2n) is 3.33. The Bertz CT molecular complexity index is 533. The highest BCUT2D eigenvalue weighted by atomic mass is 19.1. The van der Waals surface area contributed by atoms with E-state index in [1.165, 1.54) is 16.8 Å². The molecule has 1 N–H and O–H groups in total. The maximum absolute atomic E-state index is 13.4. The normalized spacial score (nSPS) is 10.8. The Labute approximate surface area is 84.9 Å². The zero-order valence-electron chi connectivity index (χ0n) is 8.07. The topological polar surface area (TPSA) is 55.1 Å². The van der Waals surface area contributed by atoms with E-state index >= 15 is 0 Å². The van der Waals surface area contributed by atoms with Crippen LogP contribution in [0.15, 0.2) is 18.3 Å². The van der Waals surface area contributed by atoms with Crippen molar-refractivity contribution in [2.75, 3.05) is 0 Å². The van der Waals surface area contributed by atoms with Crippen LogP contribution in [0.4, 0.5) is 4.39 Å². The van der Waals surface area contributed by atoms with Crippen LogP contribution in [0.25, 0.3) is 10.9 Å². The number of aromatic nitrogens is 2. The number of carboxylic acid groups (broad SMARTS) is 1. The number of aliphatic carboxylic acids is 1. The van der Waals surface area contributed by atoms with Gasteiger partial charge in [0, 0.05) is 24.2 Å². The third-order valence-electron chi connectivity index (χ3n) is 2.19. The van der Waals surface area contributed by atoms with Crippen LogP contribution in [0.2, 0.25) is 0 Å². The standard InChI is InChI=1S/C10H9FN2O2/c1-13-5-7-6(4-10(14)15)8(11)2-3-9(7)12-13/h2-3,5H,4H2,1H3,(H,14,15). The number of rotatable bonds is 2. The van der Waals surface area contributed by atoms with Crippen LogP contribution < -0.4 is 0 Å². The number of fused-ring (bicyclic) bond motifs is 1. The summed E-state index contributed by atoms with van der Waals surface area (Å²) in [5.74, 6) is -1.55. The van der Waals surface area contributed by atoms with Gasteiger partial charge in [-0.1, -0.05) is 0 Å². The molecule has 0 aliphatic rings. The molecule has 4 nitrogen and oxygen atoms in total. The summed E-state index contributed by atoms with van der Waals surface area (Å²) in [7, 11) is 1.71. The van der Waals surface area contributed by atoms with Crippen LogP contribution in [0, 0.1) is 5.82 Å². The molecule has 0 saturated carbocycles. The quantitative estimate of drug-likeness (QED) is 0.810. The van der Waals surface area contributed by atoms with E-state index in [0.717, 1.165) is 0 Å². The van der Waals surface area contributed by atoms with E-state index in [-0.39, 0.29) is 12.0 Å². The van der Waals surface area contributed by atoms with Crippen LogP contribution in [0.5, 0.6) is 0 Å². The van der Waals surface area contributed by atoms with Crippen molar-refractivity contribution in [3.05, 3.63) is 29.7 Å². The maximum atomic E-state index is 13.4. The molecule has 0 bridgehead atoms. The Kier molecular flexibility index (Phi) is 2.15. The fourth-order valence-electron chi connectivity index (χ4n) is 1.57. The molecule has 0 aliphatic heterocycles. The average Bonchev–Trinajstić information content (AvgIpc) is 2.51. The monoisotopic (exact) mass is 208 g/mol. The Morgan fingerprint density at radius 1 is 1.60 bits per heavy atom. The maximum Gasteiger partial charge on any atom is 0.307 e. The summed E-state index contributed by atoms with van der Waals surface area (Å²) in [5, 5.41) is 13.3. The van der Waals surface area contributed by atoms with Crippen LogP contribution >= 0.6 is 0 Å². The van der Waals surface area contributed by atoms with Gasteiger partial charge in [-0.05, 0) is 12.1 Å². The Hall–Kier alpha value is -1.91. The number of benzene rings is 1. The largest absolute Gasteiger partial charge is 0.481 e. The molecule has 1 aromatic carbocycles. The molecule has 0 atom stereocenters. The van der Waals surface area contributed by atoms with Gasteiger partial charge in [0.15, 0.2) is 0 Å². The van der Waals surface area contributed by atoms with E-state index in [1.807, 2.05) is 0 Å². The van der Waals surface area contributed by atoms with Gasteiger partial charge in [-0.15, -0.1) is 0 Å². The minimum atomic E-state index is -1.05. The van der Waals surface area contributed by atoms with Gasteiger partial charge < -0.3 is 5.11 Å². The lowest BCUT2D eigenvalue weighted by atomic mass is 10.1. The highest BCUT2D eigenvalue weighted by Gasteiger charge is 2.13. The third kappa shape index (κ3) is 1.68. The van der Waals surface area contributed by atoms with Crippen molar-refractivity contribution in [1.82, 2.24) is 9.78 Å². The summed E-state index contributed by atoms with van der Waals surface area (Å²) < 4.78 is 14.9. The summed E-state index contributed by atoms with van der Waals surface area (Å²) in [6, 6.07) is 2.78. The summed E-state index contributed by atoms with van der Waals surface area (Å²) in [6.45, 7) is 0. The predicted octanol–water partition coefficient (Wildman–Crippen LogP) is 1.34. The third-order valence-corrected chi connectivity index (χ3v) is 2.19. The number of carboxylic acids is 1. The fourth-order valence-corrected chi connectivity index (χ4v) is 1.57. The van der Waals surface area contributed by atoms with Crippen molar-refractivity contribution in [2.24, 2.45) is 7.05 Å². The summed E-state index contributed by atoms with van der Waals surface area (Å²) >= 11 is 0. The molecule has 0 saturated heterocycles. The molecule has 0 aliphatic carbocycles. The number of hydrogen-bond donors (Lipinski definition) is 1. The first kappa shape index (κ1) is 9.64. The van der Waals surface area contributed by atoms with Gasteiger partial charge in [0.2, 0.25) is 0 Å². The predicted molar refractivity (Wildman–Crippen MR) is 52.0 cm³/mol. The number of halogens is 1. The molecule has 0 amide bonds. The minimum absolute atomic E-state index is 0.188. The second-order valence-corrected chi connectivity index (χ2v) is 3.33. The smallest absolute Gasteiger partial charge is 0.307 e. The molecule has 0 radical (unpaired) electrons. The zero-order valence-corrected chi connectivity index (χ0v) is 8.07. The molecule has 1 aromatic heterocycles. The van der Waals surface area contributed by atoms with E-state index in [9.17, 15) is 9.18 Å². The van der Waals surface area contributed by atoms with E-state index in [2.05, 4.69) is 5.10 Å². The first-order valence-corrected chi connectivity index (χ1v) is 4.40. The molecule has 0 spiro atoms. The van der Waals surface area contributed by atoms with Gasteiger partial charge in [0.1, 0.15) is 5.82 Å². The van der Waals surface area contributed by atoms with Gasteiger partial charge in [0.25, 0.3) is 0 Å². The van der Waals surface area contributed by atoms with E-state index in [0.29, 0.717) is 10.9 Å². The van der Waals surface area contributed by atoms with Gasteiger partial charge in [0.05, 0.1) is 11.9 Å². The van der Waals surface area contributed by atoms with Crippen LogP contribution in [0.3, 0.4) is 0 Å². The first-order valence-electron chi connectivity index (χ1n) is 4.40. The number of carbonyl (C=O) groups is 1. The van der Waals surface area contributed by atoms with Gasteiger partial charge in [-0.25, -0.2) is 4.39 Å². The summed E-state index contributed by atoms with van der Waals surface area (Å²) in [6.07, 6.45) is 1.30. The van der Waals surface area contributed by atoms with Crippen LogP contribution in [-0.2, 0) is 18.3 Å². The molecular formula is C10H9FN2O2. The van der Waals surface area contributed by atoms with Crippen molar-refractivity contribution in [1.29, 1.82) is 0 Å². The molecule has 78 valence electrons. The number of nitrogens with zero attached hydrogens (tertiary/aromatic N) is 2. The molecule has 2 aromatic rings. The van der Waals surface area contributed by atoms with Crippen molar-refractivity contribution in [3.8, 4) is 0 Å². The molecule has 1 heterocycles. The lowest BCUT2D eigenvalue weighted by Gasteiger charge is -2.00. The van der Waals surface area contributed by atoms with Crippen molar-refractivity contribution >= 4 is 16.9 Å². The SMILES string of the molecule is Cn1cc2c(CC(=O)O)c(F)ccc2n1.